The summed E-state index contributed by atoms with van der Waals surface area (Å²) in [5.41, 5.74) is 6.00. The molecule has 3 rings (SSSR count). The lowest BCUT2D eigenvalue weighted by Gasteiger charge is -2.22. The van der Waals surface area contributed by atoms with Gasteiger partial charge in [-0.2, -0.15) is 0 Å². The Bertz CT molecular complexity index is 937. The number of nitrogens with zero attached hydrogens (tertiary/aromatic N) is 1. The number of anilines is 1. The van der Waals surface area contributed by atoms with Gasteiger partial charge in [0.1, 0.15) is 5.75 Å². The Morgan fingerprint density at radius 3 is 2.69 bits per heavy atom. The van der Waals surface area contributed by atoms with Crippen LogP contribution in [0.2, 0.25) is 5.02 Å². The number of fused-ring (bicyclic) bond motifs is 2. The number of rotatable bonds is 3. The van der Waals surface area contributed by atoms with Crippen LogP contribution in [0.4, 0.5) is 15.3 Å². The molecule has 0 aliphatic carbocycles. The zero-order valence-electron chi connectivity index (χ0n) is 15.6. The molecule has 0 bridgehead atoms. The highest BCUT2D eigenvalue weighted by Gasteiger charge is 2.26. The highest BCUT2D eigenvalue weighted by atomic mass is 35.5. The summed E-state index contributed by atoms with van der Waals surface area (Å²) < 4.78 is 5.94. The van der Waals surface area contributed by atoms with Gasteiger partial charge in [-0.25, -0.2) is 15.0 Å². The molecule has 0 atom stereocenters. The molecule has 9 nitrogen and oxygen atoms in total. The number of nitrogens with one attached hydrogen (secondary N) is 4. The quantitative estimate of drug-likeness (QED) is 0.575. The van der Waals surface area contributed by atoms with E-state index in [1.165, 1.54) is 11.9 Å². The second kappa shape index (κ2) is 9.16. The fourth-order valence-electron chi connectivity index (χ4n) is 2.71. The van der Waals surface area contributed by atoms with Crippen LogP contribution in [0, 0.1) is 0 Å². The first-order valence-electron chi connectivity index (χ1n) is 8.85. The van der Waals surface area contributed by atoms with Crippen molar-refractivity contribution in [2.24, 2.45) is 0 Å². The van der Waals surface area contributed by atoms with Gasteiger partial charge < -0.3 is 15.4 Å². The van der Waals surface area contributed by atoms with Crippen molar-refractivity contribution in [1.29, 1.82) is 0 Å². The van der Waals surface area contributed by atoms with Crippen molar-refractivity contribution in [3.05, 3.63) is 53.1 Å². The van der Waals surface area contributed by atoms with E-state index in [2.05, 4.69) is 21.5 Å². The van der Waals surface area contributed by atoms with Gasteiger partial charge in [-0.1, -0.05) is 29.8 Å². The lowest BCUT2D eigenvalue weighted by Crippen LogP contribution is -2.49. The first-order chi connectivity index (χ1) is 14.0. The summed E-state index contributed by atoms with van der Waals surface area (Å²) in [6.07, 6.45) is 0.00204. The lowest BCUT2D eigenvalue weighted by molar-refractivity contribution is -0.121. The molecule has 152 valence electrons. The minimum atomic E-state index is -0.554. The maximum Gasteiger partial charge on any atom is 0.341 e. The molecule has 0 aromatic heterocycles. The minimum absolute atomic E-state index is 0.00204. The Balaban J connectivity index is 1.70. The van der Waals surface area contributed by atoms with E-state index in [0.29, 0.717) is 22.2 Å². The van der Waals surface area contributed by atoms with Crippen LogP contribution in [-0.4, -0.2) is 31.6 Å². The third-order valence-electron chi connectivity index (χ3n) is 4.15. The molecule has 5 amide bonds. The summed E-state index contributed by atoms with van der Waals surface area (Å²) in [6.45, 7) is 0.355. The molecular formula is C19H20ClN5O4. The molecule has 29 heavy (non-hydrogen) atoms. The van der Waals surface area contributed by atoms with Crippen LogP contribution in [-0.2, 0) is 11.3 Å². The largest absolute Gasteiger partial charge is 0.455 e. The van der Waals surface area contributed by atoms with Crippen molar-refractivity contribution in [2.45, 2.75) is 13.0 Å². The molecule has 0 radical (unpaired) electrons. The first-order valence-corrected chi connectivity index (χ1v) is 9.23. The van der Waals surface area contributed by atoms with E-state index in [4.69, 9.17) is 16.3 Å². The average Bonchev–Trinajstić information content (AvgIpc) is 2.88. The standard InChI is InChI=1S/C19H20ClN5O4/c1-21-18(27)22-9-8-17(26)23-24-19(28)25-11-12-4-2-3-5-15(12)29-16-7-6-13(20)10-14(16)25/h2-7,10H,8-9,11H2,1H3,(H,23,26)(H,24,28)(H2,21,22,27). The SMILES string of the molecule is CNC(=O)NCCC(=O)NNC(=O)N1Cc2ccccc2Oc2ccc(Cl)cc21. The van der Waals surface area contributed by atoms with Crippen molar-refractivity contribution in [3.8, 4) is 11.5 Å². The molecule has 2 aromatic rings. The van der Waals surface area contributed by atoms with E-state index in [9.17, 15) is 14.4 Å². The van der Waals surface area contributed by atoms with E-state index in [1.807, 2.05) is 24.3 Å². The van der Waals surface area contributed by atoms with Crippen LogP contribution in [0.1, 0.15) is 12.0 Å². The maximum atomic E-state index is 12.8. The van der Waals surface area contributed by atoms with Gasteiger partial charge in [0.05, 0.1) is 12.2 Å². The highest BCUT2D eigenvalue weighted by molar-refractivity contribution is 6.31. The Morgan fingerprint density at radius 1 is 1.10 bits per heavy atom. The second-order valence-corrected chi connectivity index (χ2v) is 6.58. The molecule has 0 saturated carbocycles. The Hall–Kier alpha value is -3.46. The molecule has 4 N–H and O–H groups in total. The van der Waals surface area contributed by atoms with Gasteiger partial charge >= 0.3 is 12.1 Å². The first kappa shape index (κ1) is 20.3. The van der Waals surface area contributed by atoms with Crippen LogP contribution < -0.4 is 31.1 Å². The van der Waals surface area contributed by atoms with E-state index in [1.54, 1.807) is 18.2 Å². The number of urea groups is 2. The molecule has 0 spiro atoms. The number of carbonyl (C=O) groups excluding carboxylic acids is 3. The van der Waals surface area contributed by atoms with Gasteiger partial charge in [0, 0.05) is 30.6 Å². The number of ether oxygens (including phenoxy) is 1. The van der Waals surface area contributed by atoms with Crippen LogP contribution in [0.15, 0.2) is 42.5 Å². The normalized spacial score (nSPS) is 11.9. The Kier molecular flexibility index (Phi) is 6.40. The number of amides is 5. The number of hydrogen-bond acceptors (Lipinski definition) is 4. The van der Waals surface area contributed by atoms with Crippen LogP contribution in [0.3, 0.4) is 0 Å². The van der Waals surface area contributed by atoms with Crippen molar-refractivity contribution in [2.75, 3.05) is 18.5 Å². The summed E-state index contributed by atoms with van der Waals surface area (Å²) in [5.74, 6) is 0.652. The van der Waals surface area contributed by atoms with Gasteiger partial charge in [0.15, 0.2) is 5.75 Å². The number of carbonyl (C=O) groups is 3. The van der Waals surface area contributed by atoms with Crippen molar-refractivity contribution in [3.63, 3.8) is 0 Å². The fourth-order valence-corrected chi connectivity index (χ4v) is 2.87. The van der Waals surface area contributed by atoms with Gasteiger partial charge in [0.25, 0.3) is 0 Å². The van der Waals surface area contributed by atoms with E-state index in [-0.39, 0.29) is 19.5 Å². The number of hydrazine groups is 1. The van der Waals surface area contributed by atoms with Crippen LogP contribution in [0.5, 0.6) is 11.5 Å². The molecule has 0 unspecified atom stereocenters. The van der Waals surface area contributed by atoms with Gasteiger partial charge in [-0.3, -0.25) is 15.1 Å². The van der Waals surface area contributed by atoms with Gasteiger partial charge in [0.2, 0.25) is 5.91 Å². The predicted octanol–water partition coefficient (Wildman–Crippen LogP) is 2.51. The number of halogens is 1. The zero-order valence-corrected chi connectivity index (χ0v) is 16.4. The number of para-hydroxylation sites is 1. The van der Waals surface area contributed by atoms with Gasteiger partial charge in [-0.15, -0.1) is 0 Å². The topological polar surface area (TPSA) is 112 Å². The summed E-state index contributed by atoms with van der Waals surface area (Å²) in [4.78, 5) is 37.2. The van der Waals surface area contributed by atoms with Crippen molar-refractivity contribution >= 4 is 35.3 Å². The van der Waals surface area contributed by atoms with Crippen molar-refractivity contribution in [1.82, 2.24) is 21.5 Å². The van der Waals surface area contributed by atoms with Crippen LogP contribution in [0.25, 0.3) is 0 Å². The van der Waals surface area contributed by atoms with E-state index >= 15 is 0 Å². The molecule has 0 saturated heterocycles. The van der Waals surface area contributed by atoms with Crippen LogP contribution >= 0.6 is 11.6 Å². The summed E-state index contributed by atoms with van der Waals surface area (Å²) in [6, 6.07) is 11.4. The lowest BCUT2D eigenvalue weighted by atomic mass is 10.2. The Labute approximate surface area is 172 Å². The summed E-state index contributed by atoms with van der Waals surface area (Å²) in [7, 11) is 1.47. The smallest absolute Gasteiger partial charge is 0.341 e. The average molecular weight is 418 g/mol. The maximum absolute atomic E-state index is 12.8. The highest BCUT2D eigenvalue weighted by Crippen LogP contribution is 2.40. The monoisotopic (exact) mass is 417 g/mol. The Morgan fingerprint density at radius 2 is 1.90 bits per heavy atom. The molecule has 10 heteroatoms. The van der Waals surface area contributed by atoms with E-state index < -0.39 is 18.0 Å². The zero-order chi connectivity index (χ0) is 20.8. The minimum Gasteiger partial charge on any atom is -0.455 e. The number of hydrogen-bond donors (Lipinski definition) is 4. The molecule has 1 heterocycles. The van der Waals surface area contributed by atoms with Gasteiger partial charge in [-0.05, 0) is 24.3 Å². The molecular weight excluding hydrogens is 398 g/mol. The third-order valence-corrected chi connectivity index (χ3v) is 4.39. The second-order valence-electron chi connectivity index (χ2n) is 6.14. The molecule has 1 aliphatic heterocycles. The van der Waals surface area contributed by atoms with E-state index in [0.717, 1.165) is 5.56 Å². The predicted molar refractivity (Wildman–Crippen MR) is 108 cm³/mol. The molecule has 1 aliphatic rings. The molecule has 0 fully saturated rings. The fraction of sp³-hybridized carbons (Fsp3) is 0.211. The number of benzene rings is 2. The van der Waals surface area contributed by atoms with Crippen molar-refractivity contribution < 1.29 is 19.1 Å². The summed E-state index contributed by atoms with van der Waals surface area (Å²) >= 11 is 6.11. The molecule has 2 aromatic carbocycles. The summed E-state index contributed by atoms with van der Waals surface area (Å²) in [5, 5.41) is 5.31. The third kappa shape index (κ3) is 5.08.